The van der Waals surface area contributed by atoms with Gasteiger partial charge in [0.15, 0.2) is 0 Å². The highest BCUT2D eigenvalue weighted by atomic mass is 19.1. The van der Waals surface area contributed by atoms with E-state index in [1.807, 2.05) is 6.07 Å². The Kier molecular flexibility index (Phi) is 4.69. The van der Waals surface area contributed by atoms with E-state index in [0.29, 0.717) is 17.2 Å². The number of aliphatic hydroxyl groups excluding tert-OH is 1. The summed E-state index contributed by atoms with van der Waals surface area (Å²) >= 11 is 0. The molecule has 0 aromatic heterocycles. The van der Waals surface area contributed by atoms with Gasteiger partial charge in [0.25, 0.3) is 0 Å². The second kappa shape index (κ2) is 6.13. The summed E-state index contributed by atoms with van der Waals surface area (Å²) < 4.78 is 13.7. The number of aryl methyl sites for hydroxylation is 1. The Morgan fingerprint density at radius 3 is 2.40 bits per heavy atom. The lowest BCUT2D eigenvalue weighted by Crippen LogP contribution is -2.35. The first-order valence-corrected chi connectivity index (χ1v) is 7.61. The molecule has 112 valence electrons. The largest absolute Gasteiger partial charge is 0.389 e. The molecule has 0 bridgehead atoms. The van der Waals surface area contributed by atoms with Gasteiger partial charge in [0.2, 0.25) is 0 Å². The van der Waals surface area contributed by atoms with E-state index in [-0.39, 0.29) is 5.82 Å². The number of benzene rings is 1. The van der Waals surface area contributed by atoms with Crippen LogP contribution in [0.15, 0.2) is 12.1 Å². The Labute approximate surface area is 121 Å². The van der Waals surface area contributed by atoms with Crippen LogP contribution >= 0.6 is 0 Å². The van der Waals surface area contributed by atoms with Crippen molar-refractivity contribution < 1.29 is 9.50 Å². The molecule has 1 aliphatic carbocycles. The van der Waals surface area contributed by atoms with Crippen molar-refractivity contribution >= 4 is 5.69 Å². The van der Waals surface area contributed by atoms with Crippen LogP contribution in [0.5, 0.6) is 0 Å². The standard InChI is InChI=1S/C17H26FNO/c1-11-5-7-14(8-6-11)19(4)17-9-12(2)16(18)10-15(17)13(3)20/h9-11,13-14,20H,5-8H2,1-4H3/t11?,13-,14?/m1/s1. The number of nitrogens with zero attached hydrogens (tertiary/aromatic N) is 1. The summed E-state index contributed by atoms with van der Waals surface area (Å²) in [6, 6.07) is 3.85. The van der Waals surface area contributed by atoms with Gasteiger partial charge in [0.05, 0.1) is 6.10 Å². The van der Waals surface area contributed by atoms with Crippen LogP contribution in [-0.4, -0.2) is 18.2 Å². The number of hydrogen-bond donors (Lipinski definition) is 1. The van der Waals surface area contributed by atoms with Crippen molar-refractivity contribution in [1.82, 2.24) is 0 Å². The fourth-order valence-electron chi connectivity index (χ4n) is 3.15. The average Bonchev–Trinajstić information content (AvgIpc) is 2.41. The normalized spacial score (nSPS) is 24.5. The Morgan fingerprint density at radius 1 is 1.25 bits per heavy atom. The highest BCUT2D eigenvalue weighted by Gasteiger charge is 2.24. The molecular formula is C17H26FNO. The smallest absolute Gasteiger partial charge is 0.126 e. The van der Waals surface area contributed by atoms with Crippen LogP contribution in [-0.2, 0) is 0 Å². The van der Waals surface area contributed by atoms with E-state index in [1.165, 1.54) is 31.7 Å². The van der Waals surface area contributed by atoms with Gasteiger partial charge in [-0.05, 0) is 63.1 Å². The van der Waals surface area contributed by atoms with Gasteiger partial charge in [-0.3, -0.25) is 0 Å². The number of hydrogen-bond acceptors (Lipinski definition) is 2. The summed E-state index contributed by atoms with van der Waals surface area (Å²) in [5.74, 6) is 0.571. The molecule has 0 aliphatic heterocycles. The molecule has 1 saturated carbocycles. The van der Waals surface area contributed by atoms with Crippen LogP contribution in [0.25, 0.3) is 0 Å². The molecule has 1 N–H and O–H groups in total. The minimum Gasteiger partial charge on any atom is -0.389 e. The minimum absolute atomic E-state index is 0.240. The molecule has 1 aliphatic rings. The molecule has 1 aromatic rings. The quantitative estimate of drug-likeness (QED) is 0.896. The molecule has 0 saturated heterocycles. The summed E-state index contributed by atoms with van der Waals surface area (Å²) in [7, 11) is 2.07. The maximum atomic E-state index is 13.7. The molecule has 1 aromatic carbocycles. The van der Waals surface area contributed by atoms with Crippen LogP contribution in [0, 0.1) is 18.7 Å². The molecule has 1 fully saturated rings. The maximum Gasteiger partial charge on any atom is 0.126 e. The summed E-state index contributed by atoms with van der Waals surface area (Å²) in [5.41, 5.74) is 2.30. The molecule has 3 heteroatoms. The topological polar surface area (TPSA) is 23.5 Å². The van der Waals surface area contributed by atoms with Crippen LogP contribution in [0.4, 0.5) is 10.1 Å². The number of aliphatic hydroxyl groups is 1. The molecule has 0 heterocycles. The average molecular weight is 279 g/mol. The van der Waals surface area contributed by atoms with Gasteiger partial charge in [-0.25, -0.2) is 4.39 Å². The van der Waals surface area contributed by atoms with Gasteiger partial charge in [-0.1, -0.05) is 6.92 Å². The second-order valence-corrected chi connectivity index (χ2v) is 6.36. The van der Waals surface area contributed by atoms with Gasteiger partial charge in [-0.15, -0.1) is 0 Å². The highest BCUT2D eigenvalue weighted by Crippen LogP contribution is 2.34. The molecule has 0 amide bonds. The third-order valence-electron chi connectivity index (χ3n) is 4.67. The van der Waals surface area contributed by atoms with E-state index >= 15 is 0 Å². The van der Waals surface area contributed by atoms with Crippen LogP contribution < -0.4 is 4.90 Å². The fourth-order valence-corrected chi connectivity index (χ4v) is 3.15. The zero-order valence-corrected chi connectivity index (χ0v) is 13.0. The maximum absolute atomic E-state index is 13.7. The summed E-state index contributed by atoms with van der Waals surface area (Å²) in [4.78, 5) is 2.24. The zero-order valence-electron chi connectivity index (χ0n) is 13.0. The van der Waals surface area contributed by atoms with Gasteiger partial charge < -0.3 is 10.0 Å². The Bertz CT molecular complexity index is 464. The molecule has 2 rings (SSSR count). The number of anilines is 1. The zero-order chi connectivity index (χ0) is 14.9. The first kappa shape index (κ1) is 15.3. The van der Waals surface area contributed by atoms with Crippen molar-refractivity contribution in [3.8, 4) is 0 Å². The SMILES string of the molecule is Cc1cc(N(C)C2CCC(C)CC2)c([C@@H](C)O)cc1F. The first-order chi connectivity index (χ1) is 9.40. The lowest BCUT2D eigenvalue weighted by atomic mass is 9.86. The molecule has 0 unspecified atom stereocenters. The molecule has 1 atom stereocenters. The first-order valence-electron chi connectivity index (χ1n) is 7.61. The van der Waals surface area contributed by atoms with E-state index < -0.39 is 6.10 Å². The summed E-state index contributed by atoms with van der Waals surface area (Å²) in [6.45, 7) is 5.78. The molecule has 2 nitrogen and oxygen atoms in total. The van der Waals surface area contributed by atoms with Gasteiger partial charge in [0, 0.05) is 24.3 Å². The van der Waals surface area contributed by atoms with Gasteiger partial charge >= 0.3 is 0 Å². The minimum atomic E-state index is -0.648. The van der Waals surface area contributed by atoms with Crippen LogP contribution in [0.2, 0.25) is 0 Å². The van der Waals surface area contributed by atoms with Crippen molar-refractivity contribution in [1.29, 1.82) is 0 Å². The van der Waals surface area contributed by atoms with E-state index in [2.05, 4.69) is 18.9 Å². The van der Waals surface area contributed by atoms with E-state index in [1.54, 1.807) is 13.8 Å². The van der Waals surface area contributed by atoms with Gasteiger partial charge in [-0.2, -0.15) is 0 Å². The van der Waals surface area contributed by atoms with Crippen LogP contribution in [0.1, 0.15) is 56.8 Å². The predicted molar refractivity (Wildman–Crippen MR) is 81.6 cm³/mol. The van der Waals surface area contributed by atoms with Crippen molar-refractivity contribution in [2.45, 2.75) is 58.6 Å². The lowest BCUT2D eigenvalue weighted by molar-refractivity contribution is 0.199. The predicted octanol–water partition coefficient (Wildman–Crippen LogP) is 4.20. The third kappa shape index (κ3) is 3.14. The van der Waals surface area contributed by atoms with E-state index in [0.717, 1.165) is 11.6 Å². The van der Waals surface area contributed by atoms with Crippen molar-refractivity contribution in [2.75, 3.05) is 11.9 Å². The highest BCUT2D eigenvalue weighted by molar-refractivity contribution is 5.57. The van der Waals surface area contributed by atoms with Crippen LogP contribution in [0.3, 0.4) is 0 Å². The molecular weight excluding hydrogens is 253 g/mol. The number of halogens is 1. The summed E-state index contributed by atoms with van der Waals surface area (Å²) in [5, 5.41) is 9.92. The Hall–Kier alpha value is -1.09. The van der Waals surface area contributed by atoms with Crippen molar-refractivity contribution in [2.24, 2.45) is 5.92 Å². The fraction of sp³-hybridized carbons (Fsp3) is 0.647. The second-order valence-electron chi connectivity index (χ2n) is 6.36. The van der Waals surface area contributed by atoms with E-state index in [4.69, 9.17) is 0 Å². The van der Waals surface area contributed by atoms with E-state index in [9.17, 15) is 9.50 Å². The monoisotopic (exact) mass is 279 g/mol. The van der Waals surface area contributed by atoms with Crippen molar-refractivity contribution in [3.63, 3.8) is 0 Å². The Morgan fingerprint density at radius 2 is 1.85 bits per heavy atom. The lowest BCUT2D eigenvalue weighted by Gasteiger charge is -2.36. The van der Waals surface area contributed by atoms with Gasteiger partial charge in [0.1, 0.15) is 5.82 Å². The molecule has 20 heavy (non-hydrogen) atoms. The molecule has 0 radical (unpaired) electrons. The Balaban J connectivity index is 2.28. The summed E-state index contributed by atoms with van der Waals surface area (Å²) in [6.07, 6.45) is 4.20. The van der Waals surface area contributed by atoms with Crippen molar-refractivity contribution in [3.05, 3.63) is 29.1 Å². The molecule has 0 spiro atoms. The number of rotatable bonds is 3. The third-order valence-corrected chi connectivity index (χ3v) is 4.67.